The van der Waals surface area contributed by atoms with Gasteiger partial charge in [-0.25, -0.2) is 0 Å². The number of hydrogen-bond acceptors (Lipinski definition) is 3. The molecule has 0 bridgehead atoms. The van der Waals surface area contributed by atoms with Crippen LogP contribution in [0.5, 0.6) is 17.4 Å². The summed E-state index contributed by atoms with van der Waals surface area (Å²) in [7, 11) is 0. The van der Waals surface area contributed by atoms with Crippen LogP contribution in [0.2, 0.25) is 0 Å². The monoisotopic (exact) mass is 190 g/mol. The van der Waals surface area contributed by atoms with E-state index in [1.165, 1.54) is 0 Å². The second-order valence-corrected chi connectivity index (χ2v) is 2.94. The topological polar surface area (TPSA) is 42.6 Å². The molecule has 72 valence electrons. The lowest BCUT2D eigenvalue weighted by Crippen LogP contribution is -1.80. The van der Waals surface area contributed by atoms with Gasteiger partial charge in [0, 0.05) is 6.07 Å². The Hall–Kier alpha value is -1.90. The molecule has 0 radical (unpaired) electrons. The summed E-state index contributed by atoms with van der Waals surface area (Å²) in [6, 6.07) is 10.9. The van der Waals surface area contributed by atoms with Crippen LogP contribution in [-0.2, 0) is 0 Å². The molecule has 0 spiro atoms. The zero-order valence-corrected chi connectivity index (χ0v) is 7.73. The molecule has 2 rings (SSSR count). The maximum atomic E-state index is 9.30. The molecule has 1 heterocycles. The van der Waals surface area contributed by atoms with Crippen molar-refractivity contribution in [3.8, 4) is 17.4 Å². The number of benzene rings is 1. The van der Waals surface area contributed by atoms with Crippen LogP contribution in [0.25, 0.3) is 0 Å². The average molecular weight is 190 g/mol. The van der Waals surface area contributed by atoms with Gasteiger partial charge in [0.15, 0.2) is 0 Å². The van der Waals surface area contributed by atoms with Crippen LogP contribution < -0.4 is 4.74 Å². The van der Waals surface area contributed by atoms with Crippen LogP contribution in [0.15, 0.2) is 40.8 Å². The van der Waals surface area contributed by atoms with Crippen molar-refractivity contribution in [2.45, 2.75) is 6.92 Å². The molecule has 0 aliphatic carbocycles. The number of rotatable bonds is 2. The van der Waals surface area contributed by atoms with Crippen molar-refractivity contribution in [2.75, 3.05) is 0 Å². The molecule has 2 aromatic rings. The van der Waals surface area contributed by atoms with Gasteiger partial charge in [-0.1, -0.05) is 18.2 Å². The SMILES string of the molecule is Cc1cc(Oc2ccccc2)c(O)o1. The highest BCUT2D eigenvalue weighted by atomic mass is 16.5. The maximum absolute atomic E-state index is 9.30. The van der Waals surface area contributed by atoms with E-state index < -0.39 is 0 Å². The summed E-state index contributed by atoms with van der Waals surface area (Å²) >= 11 is 0. The molecule has 1 aromatic heterocycles. The van der Waals surface area contributed by atoms with Gasteiger partial charge in [0.2, 0.25) is 5.75 Å². The van der Waals surface area contributed by atoms with Crippen molar-refractivity contribution in [3.05, 3.63) is 42.2 Å². The summed E-state index contributed by atoms with van der Waals surface area (Å²) in [6.07, 6.45) is 0. The quantitative estimate of drug-likeness (QED) is 0.791. The van der Waals surface area contributed by atoms with Gasteiger partial charge in [0.1, 0.15) is 11.5 Å². The molecule has 1 N–H and O–H groups in total. The molecule has 0 saturated carbocycles. The van der Waals surface area contributed by atoms with Gasteiger partial charge in [-0.3, -0.25) is 0 Å². The normalized spacial score (nSPS) is 10.1. The molecule has 0 saturated heterocycles. The van der Waals surface area contributed by atoms with Crippen LogP contribution in [0.1, 0.15) is 5.76 Å². The molecule has 1 aromatic carbocycles. The number of hydrogen-bond donors (Lipinski definition) is 1. The van der Waals surface area contributed by atoms with Crippen molar-refractivity contribution < 1.29 is 14.3 Å². The van der Waals surface area contributed by atoms with Gasteiger partial charge in [0.05, 0.1) is 0 Å². The number of furan rings is 1. The van der Waals surface area contributed by atoms with E-state index in [-0.39, 0.29) is 5.95 Å². The van der Waals surface area contributed by atoms with E-state index in [2.05, 4.69) is 0 Å². The lowest BCUT2D eigenvalue weighted by atomic mass is 10.3. The maximum Gasteiger partial charge on any atom is 0.326 e. The third-order valence-corrected chi connectivity index (χ3v) is 1.77. The summed E-state index contributed by atoms with van der Waals surface area (Å²) in [4.78, 5) is 0. The van der Waals surface area contributed by atoms with Crippen molar-refractivity contribution in [1.82, 2.24) is 0 Å². The first-order valence-corrected chi connectivity index (χ1v) is 4.28. The highest BCUT2D eigenvalue weighted by Gasteiger charge is 2.09. The number of para-hydroxylation sites is 1. The second-order valence-electron chi connectivity index (χ2n) is 2.94. The molecule has 0 fully saturated rings. The molecular formula is C11H10O3. The lowest BCUT2D eigenvalue weighted by molar-refractivity contribution is 0.304. The van der Waals surface area contributed by atoms with Crippen molar-refractivity contribution in [2.24, 2.45) is 0 Å². The molecule has 0 unspecified atom stereocenters. The molecule has 0 aliphatic rings. The first-order chi connectivity index (χ1) is 6.75. The largest absolute Gasteiger partial charge is 0.478 e. The van der Waals surface area contributed by atoms with E-state index in [1.54, 1.807) is 13.0 Å². The average Bonchev–Trinajstić information content (AvgIpc) is 2.47. The third-order valence-electron chi connectivity index (χ3n) is 1.77. The Bertz CT molecular complexity index is 417. The highest BCUT2D eigenvalue weighted by molar-refractivity contribution is 5.37. The lowest BCUT2D eigenvalue weighted by Gasteiger charge is -2.01. The zero-order chi connectivity index (χ0) is 9.97. The van der Waals surface area contributed by atoms with Gasteiger partial charge in [-0.05, 0) is 19.1 Å². The highest BCUT2D eigenvalue weighted by Crippen LogP contribution is 2.33. The molecular weight excluding hydrogens is 180 g/mol. The molecule has 0 atom stereocenters. The first kappa shape index (κ1) is 8.69. The predicted octanol–water partition coefficient (Wildman–Crippen LogP) is 3.09. The predicted molar refractivity (Wildman–Crippen MR) is 51.6 cm³/mol. The van der Waals surface area contributed by atoms with Crippen LogP contribution >= 0.6 is 0 Å². The van der Waals surface area contributed by atoms with E-state index in [0.29, 0.717) is 17.3 Å². The molecule has 3 heteroatoms. The third kappa shape index (κ3) is 1.71. The Morgan fingerprint density at radius 2 is 1.93 bits per heavy atom. The van der Waals surface area contributed by atoms with E-state index >= 15 is 0 Å². The van der Waals surface area contributed by atoms with Gasteiger partial charge >= 0.3 is 5.95 Å². The van der Waals surface area contributed by atoms with E-state index in [1.807, 2.05) is 30.3 Å². The number of aromatic hydroxyl groups is 1. The minimum Gasteiger partial charge on any atom is -0.478 e. The van der Waals surface area contributed by atoms with Crippen molar-refractivity contribution in [1.29, 1.82) is 0 Å². The van der Waals surface area contributed by atoms with Crippen LogP contribution in [-0.4, -0.2) is 5.11 Å². The minimum absolute atomic E-state index is 0.189. The smallest absolute Gasteiger partial charge is 0.326 e. The summed E-state index contributed by atoms with van der Waals surface area (Å²) in [5.41, 5.74) is 0. The van der Waals surface area contributed by atoms with Crippen LogP contribution in [0.4, 0.5) is 0 Å². The molecule has 3 nitrogen and oxygen atoms in total. The minimum atomic E-state index is -0.189. The van der Waals surface area contributed by atoms with Crippen molar-refractivity contribution in [3.63, 3.8) is 0 Å². The van der Waals surface area contributed by atoms with Crippen molar-refractivity contribution >= 4 is 0 Å². The van der Waals surface area contributed by atoms with E-state index in [4.69, 9.17) is 9.15 Å². The summed E-state index contributed by atoms with van der Waals surface area (Å²) in [6.45, 7) is 1.75. The zero-order valence-electron chi connectivity index (χ0n) is 7.73. The Labute approximate surface area is 81.6 Å². The Morgan fingerprint density at radius 1 is 1.21 bits per heavy atom. The first-order valence-electron chi connectivity index (χ1n) is 4.28. The van der Waals surface area contributed by atoms with Crippen LogP contribution in [0.3, 0.4) is 0 Å². The molecule has 14 heavy (non-hydrogen) atoms. The fourth-order valence-electron chi connectivity index (χ4n) is 1.17. The standard InChI is InChI=1S/C11H10O3/c1-8-7-10(11(12)13-8)14-9-5-3-2-4-6-9/h2-7,12H,1H3. The van der Waals surface area contributed by atoms with E-state index in [0.717, 1.165) is 0 Å². The van der Waals surface area contributed by atoms with Gasteiger partial charge in [-0.2, -0.15) is 0 Å². The van der Waals surface area contributed by atoms with Crippen LogP contribution in [0, 0.1) is 6.92 Å². The van der Waals surface area contributed by atoms with E-state index in [9.17, 15) is 5.11 Å². The molecule has 0 aliphatic heterocycles. The fourth-order valence-corrected chi connectivity index (χ4v) is 1.17. The van der Waals surface area contributed by atoms with Gasteiger partial charge < -0.3 is 14.3 Å². The number of aryl methyl sites for hydroxylation is 1. The summed E-state index contributed by atoms with van der Waals surface area (Å²) in [5.74, 6) is 1.44. The van der Waals surface area contributed by atoms with Gasteiger partial charge in [0.25, 0.3) is 0 Å². The Kier molecular flexibility index (Phi) is 2.14. The number of ether oxygens (including phenoxy) is 1. The fraction of sp³-hybridized carbons (Fsp3) is 0.0909. The van der Waals surface area contributed by atoms with Gasteiger partial charge in [-0.15, -0.1) is 0 Å². The molecule has 0 amide bonds. The Balaban J connectivity index is 2.23. The Morgan fingerprint density at radius 3 is 2.50 bits per heavy atom. The summed E-state index contributed by atoms with van der Waals surface area (Å²) < 4.78 is 10.3. The second kappa shape index (κ2) is 3.46. The summed E-state index contributed by atoms with van der Waals surface area (Å²) in [5, 5.41) is 9.30.